The summed E-state index contributed by atoms with van der Waals surface area (Å²) < 4.78 is 14.5. The van der Waals surface area contributed by atoms with Gasteiger partial charge >= 0.3 is 0 Å². The Hall–Kier alpha value is -2.28. The molecule has 0 amide bonds. The van der Waals surface area contributed by atoms with Crippen LogP contribution in [0.15, 0.2) is 48.7 Å². The van der Waals surface area contributed by atoms with Gasteiger partial charge in [-0.05, 0) is 56.2 Å². The Balaban J connectivity index is 1.23. The number of rotatable bonds is 3. The van der Waals surface area contributed by atoms with Crippen LogP contribution in [0.3, 0.4) is 0 Å². The molecule has 0 bridgehead atoms. The molecular formula is C25H29N3O2S. The smallest absolute Gasteiger partial charge is 0.121 e. The van der Waals surface area contributed by atoms with E-state index in [0.717, 1.165) is 50.3 Å². The Labute approximate surface area is 187 Å². The van der Waals surface area contributed by atoms with Crippen LogP contribution in [0.1, 0.15) is 34.7 Å². The number of hydrogen-bond acceptors (Lipinski definition) is 5. The summed E-state index contributed by atoms with van der Waals surface area (Å²) in [6.07, 6.45) is 5.35. The summed E-state index contributed by atoms with van der Waals surface area (Å²) in [5, 5.41) is 3.88. The molecule has 5 nitrogen and oxygen atoms in total. The van der Waals surface area contributed by atoms with Gasteiger partial charge in [-0.15, -0.1) is 11.3 Å². The number of hydrogen-bond donors (Lipinski definition) is 1. The summed E-state index contributed by atoms with van der Waals surface area (Å²) in [6, 6.07) is 15.2. The number of benzene rings is 1. The van der Waals surface area contributed by atoms with Gasteiger partial charge in [-0.2, -0.15) is 0 Å². The predicted molar refractivity (Wildman–Crippen MR) is 124 cm³/mol. The lowest BCUT2D eigenvalue weighted by atomic mass is 9.79. The van der Waals surface area contributed by atoms with E-state index in [0.29, 0.717) is 6.61 Å². The van der Waals surface area contributed by atoms with E-state index in [4.69, 9.17) is 9.47 Å². The van der Waals surface area contributed by atoms with Gasteiger partial charge in [-0.3, -0.25) is 4.90 Å². The minimum Gasteiger partial charge on any atom is -0.497 e. The van der Waals surface area contributed by atoms with Crippen molar-refractivity contribution in [1.82, 2.24) is 9.47 Å². The maximum Gasteiger partial charge on any atom is 0.121 e. The van der Waals surface area contributed by atoms with Gasteiger partial charge < -0.3 is 19.4 Å². The van der Waals surface area contributed by atoms with E-state index >= 15 is 0 Å². The summed E-state index contributed by atoms with van der Waals surface area (Å²) >= 11 is 1.92. The molecule has 2 spiro atoms. The third-order valence-electron chi connectivity index (χ3n) is 7.27. The molecule has 2 aromatic heterocycles. The van der Waals surface area contributed by atoms with Gasteiger partial charge in [0.15, 0.2) is 0 Å². The third kappa shape index (κ3) is 3.20. The number of ether oxygens (including phenoxy) is 2. The van der Waals surface area contributed by atoms with Gasteiger partial charge in [0.2, 0.25) is 0 Å². The molecule has 3 aliphatic heterocycles. The van der Waals surface area contributed by atoms with Gasteiger partial charge in [0.1, 0.15) is 11.3 Å². The van der Waals surface area contributed by atoms with Crippen LogP contribution in [0, 0.1) is 6.92 Å². The van der Waals surface area contributed by atoms with Crippen molar-refractivity contribution < 1.29 is 9.47 Å². The molecule has 6 rings (SSSR count). The largest absolute Gasteiger partial charge is 0.497 e. The molecule has 3 aliphatic rings. The number of nitrogens with one attached hydrogen (secondary N) is 1. The monoisotopic (exact) mass is 435 g/mol. The van der Waals surface area contributed by atoms with Crippen molar-refractivity contribution >= 4 is 17.0 Å². The molecule has 2 fully saturated rings. The Morgan fingerprint density at radius 1 is 1.16 bits per heavy atom. The van der Waals surface area contributed by atoms with E-state index in [9.17, 15) is 0 Å². The molecule has 0 radical (unpaired) electrons. The molecule has 6 heteroatoms. The average Bonchev–Trinajstić information content (AvgIpc) is 3.50. The lowest BCUT2D eigenvalue weighted by Crippen LogP contribution is -2.46. The quantitative estimate of drug-likeness (QED) is 0.633. The summed E-state index contributed by atoms with van der Waals surface area (Å²) in [7, 11) is 1.72. The van der Waals surface area contributed by atoms with Gasteiger partial charge in [0.25, 0.3) is 0 Å². The first-order valence-electron chi connectivity index (χ1n) is 11.1. The van der Waals surface area contributed by atoms with Crippen molar-refractivity contribution in [2.75, 3.05) is 32.1 Å². The molecule has 31 heavy (non-hydrogen) atoms. The molecule has 162 valence electrons. The van der Waals surface area contributed by atoms with Gasteiger partial charge in [-0.1, -0.05) is 0 Å². The lowest BCUT2D eigenvalue weighted by molar-refractivity contribution is -0.0450. The van der Waals surface area contributed by atoms with Crippen LogP contribution >= 0.6 is 11.3 Å². The van der Waals surface area contributed by atoms with Crippen LogP contribution in [-0.4, -0.2) is 41.9 Å². The molecule has 0 aliphatic carbocycles. The minimum atomic E-state index is -0.185. The molecule has 1 aromatic carbocycles. The zero-order valence-corrected chi connectivity index (χ0v) is 19.0. The highest BCUT2D eigenvalue weighted by Gasteiger charge is 2.53. The molecule has 1 unspecified atom stereocenters. The summed E-state index contributed by atoms with van der Waals surface area (Å²) in [5.74, 6) is 0.878. The topological polar surface area (TPSA) is 38.7 Å². The van der Waals surface area contributed by atoms with E-state index in [2.05, 4.69) is 64.3 Å². The standard InChI is InChI=1S/C25H29N3O2S/c1-18-5-7-20(31-18)15-27-12-9-24(10-13-27)16-25(17-30-24)23-4-3-11-28(23)22-8-6-19(29-2)14-21(22)26-25/h3-8,11,14,26H,9-10,12-13,15-17H2,1-2H3. The Morgan fingerprint density at radius 2 is 2.03 bits per heavy atom. The van der Waals surface area contributed by atoms with E-state index in [1.165, 1.54) is 21.1 Å². The highest BCUT2D eigenvalue weighted by Crippen LogP contribution is 2.50. The Bertz CT molecular complexity index is 1110. The van der Waals surface area contributed by atoms with Crippen LogP contribution in [0.4, 0.5) is 5.69 Å². The fourth-order valence-corrected chi connectivity index (χ4v) is 6.59. The summed E-state index contributed by atoms with van der Waals surface area (Å²) in [5.41, 5.74) is 3.37. The van der Waals surface area contributed by atoms with E-state index in [1.54, 1.807) is 7.11 Å². The molecule has 2 saturated heterocycles. The van der Waals surface area contributed by atoms with Crippen molar-refractivity contribution in [3.63, 3.8) is 0 Å². The average molecular weight is 436 g/mol. The second kappa shape index (κ2) is 7.12. The number of aryl methyl sites for hydroxylation is 1. The summed E-state index contributed by atoms with van der Waals surface area (Å²) in [6.45, 7) is 6.15. The zero-order valence-electron chi connectivity index (χ0n) is 18.2. The van der Waals surface area contributed by atoms with Crippen LogP contribution < -0.4 is 10.1 Å². The van der Waals surface area contributed by atoms with Crippen molar-refractivity contribution in [2.45, 2.75) is 43.9 Å². The molecule has 5 heterocycles. The van der Waals surface area contributed by atoms with E-state index < -0.39 is 0 Å². The maximum atomic E-state index is 6.64. The lowest BCUT2D eigenvalue weighted by Gasteiger charge is -2.41. The second-order valence-electron chi connectivity index (χ2n) is 9.29. The van der Waals surface area contributed by atoms with Crippen LogP contribution in [0.2, 0.25) is 0 Å². The number of fused-ring (bicyclic) bond motifs is 4. The SMILES string of the molecule is COc1ccc2c(c1)NC1(COC3(CCN(Cc4ccc(C)s4)CC3)C1)c1cccn1-2. The first-order valence-corrected chi connectivity index (χ1v) is 12.0. The molecular weight excluding hydrogens is 406 g/mol. The van der Waals surface area contributed by atoms with Crippen LogP contribution in [0.25, 0.3) is 5.69 Å². The molecule has 1 atom stereocenters. The summed E-state index contributed by atoms with van der Waals surface area (Å²) in [4.78, 5) is 5.45. The van der Waals surface area contributed by atoms with Gasteiger partial charge in [0.05, 0.1) is 36.4 Å². The number of thiophene rings is 1. The first-order chi connectivity index (χ1) is 15.1. The fourth-order valence-electron chi connectivity index (χ4n) is 5.66. The van der Waals surface area contributed by atoms with Crippen LogP contribution in [-0.2, 0) is 16.8 Å². The van der Waals surface area contributed by atoms with Crippen molar-refractivity contribution in [3.05, 3.63) is 64.1 Å². The number of likely N-dealkylation sites (tertiary alicyclic amines) is 1. The number of anilines is 1. The number of aromatic nitrogens is 1. The third-order valence-corrected chi connectivity index (χ3v) is 8.25. The van der Waals surface area contributed by atoms with Crippen molar-refractivity contribution in [1.29, 1.82) is 0 Å². The fraction of sp³-hybridized carbons (Fsp3) is 0.440. The highest BCUT2D eigenvalue weighted by molar-refractivity contribution is 7.11. The predicted octanol–water partition coefficient (Wildman–Crippen LogP) is 4.93. The van der Waals surface area contributed by atoms with Crippen molar-refractivity contribution in [2.24, 2.45) is 0 Å². The number of methoxy groups -OCH3 is 1. The Morgan fingerprint density at radius 3 is 2.81 bits per heavy atom. The van der Waals surface area contributed by atoms with Gasteiger partial charge in [0, 0.05) is 48.1 Å². The minimum absolute atomic E-state index is 0.0413. The number of nitrogens with zero attached hydrogens (tertiary/aromatic N) is 2. The zero-order chi connectivity index (χ0) is 21.1. The first kappa shape index (κ1) is 19.4. The molecule has 1 N–H and O–H groups in total. The second-order valence-corrected chi connectivity index (χ2v) is 10.7. The van der Waals surface area contributed by atoms with Crippen LogP contribution in [0.5, 0.6) is 5.75 Å². The molecule has 3 aromatic rings. The highest BCUT2D eigenvalue weighted by atomic mass is 32.1. The maximum absolute atomic E-state index is 6.64. The van der Waals surface area contributed by atoms with E-state index in [1.807, 2.05) is 17.4 Å². The van der Waals surface area contributed by atoms with E-state index in [-0.39, 0.29) is 11.1 Å². The molecule has 0 saturated carbocycles. The number of piperidine rings is 1. The normalized spacial score (nSPS) is 24.2. The van der Waals surface area contributed by atoms with Gasteiger partial charge in [-0.25, -0.2) is 0 Å². The Kier molecular flexibility index (Phi) is 4.46. The van der Waals surface area contributed by atoms with Crippen molar-refractivity contribution in [3.8, 4) is 11.4 Å².